The van der Waals surface area contributed by atoms with Crippen LogP contribution >= 0.6 is 47.2 Å². The Morgan fingerprint density at radius 2 is 2.00 bits per heavy atom. The molecule has 0 amide bonds. The van der Waals surface area contributed by atoms with E-state index in [-0.39, 0.29) is 24.0 Å². The van der Waals surface area contributed by atoms with Crippen LogP contribution in [0, 0.1) is 5.92 Å². The Hall–Kier alpha value is -0.280. The van der Waals surface area contributed by atoms with E-state index in [4.69, 9.17) is 27.9 Å². The zero-order valence-corrected chi connectivity index (χ0v) is 20.7. The lowest BCUT2D eigenvalue weighted by molar-refractivity contribution is 0.121. The molecule has 0 aromatic heterocycles. The molecule has 8 heteroatoms. The van der Waals surface area contributed by atoms with Gasteiger partial charge >= 0.3 is 0 Å². The van der Waals surface area contributed by atoms with Crippen LogP contribution in [-0.4, -0.2) is 64.3 Å². The smallest absolute Gasteiger partial charge is 0.190 e. The Kier molecular flexibility index (Phi) is 13.5. The molecule has 1 aromatic carbocycles. The lowest BCUT2D eigenvalue weighted by atomic mass is 9.97. The van der Waals surface area contributed by atoms with Gasteiger partial charge < -0.3 is 20.3 Å². The summed E-state index contributed by atoms with van der Waals surface area (Å²) in [5, 5.41) is 8.27. The van der Waals surface area contributed by atoms with Crippen LogP contribution in [0.1, 0.15) is 24.8 Å². The first kappa shape index (κ1) is 25.8. The molecule has 0 atom stereocenters. The van der Waals surface area contributed by atoms with Crippen molar-refractivity contribution in [3.63, 3.8) is 0 Å². The van der Waals surface area contributed by atoms with Gasteiger partial charge in [-0.25, -0.2) is 0 Å². The highest BCUT2D eigenvalue weighted by Gasteiger charge is 2.18. The van der Waals surface area contributed by atoms with Crippen molar-refractivity contribution in [3.8, 4) is 0 Å². The molecule has 1 aromatic rings. The van der Waals surface area contributed by atoms with Crippen LogP contribution in [0.5, 0.6) is 0 Å². The first-order valence-corrected chi connectivity index (χ1v) is 10.5. The number of ether oxygens (including phenoxy) is 1. The highest BCUT2D eigenvalue weighted by atomic mass is 127. The summed E-state index contributed by atoms with van der Waals surface area (Å²) in [5.74, 6) is 1.58. The van der Waals surface area contributed by atoms with Gasteiger partial charge in [0.1, 0.15) is 0 Å². The fourth-order valence-electron chi connectivity index (χ4n) is 3.31. The number of aliphatic imine (C=N–C) groups is 1. The summed E-state index contributed by atoms with van der Waals surface area (Å²) in [7, 11) is 3.58. The number of likely N-dealkylation sites (tertiary alicyclic amines) is 1. The van der Waals surface area contributed by atoms with Crippen LogP contribution in [0.15, 0.2) is 23.2 Å². The molecule has 0 aliphatic carbocycles. The van der Waals surface area contributed by atoms with E-state index in [0.29, 0.717) is 10.9 Å². The zero-order chi connectivity index (χ0) is 19.5. The molecule has 1 saturated heterocycles. The van der Waals surface area contributed by atoms with E-state index in [2.05, 4.69) is 20.5 Å². The molecule has 1 heterocycles. The summed E-state index contributed by atoms with van der Waals surface area (Å²) in [6, 6.07) is 5.68. The maximum atomic E-state index is 6.22. The number of piperidine rings is 1. The molecule has 2 rings (SSSR count). The normalized spacial score (nSPS) is 15.9. The minimum atomic E-state index is 0. The molecule has 160 valence electrons. The summed E-state index contributed by atoms with van der Waals surface area (Å²) in [6.07, 6.45) is 4.35. The molecule has 5 nitrogen and oxygen atoms in total. The maximum Gasteiger partial charge on any atom is 0.190 e. The largest absolute Gasteiger partial charge is 0.383 e. The topological polar surface area (TPSA) is 48.9 Å². The van der Waals surface area contributed by atoms with Crippen molar-refractivity contribution in [2.24, 2.45) is 10.9 Å². The third kappa shape index (κ3) is 9.48. The van der Waals surface area contributed by atoms with Gasteiger partial charge in [0, 0.05) is 43.8 Å². The summed E-state index contributed by atoms with van der Waals surface area (Å²) in [5.41, 5.74) is 1.13. The van der Waals surface area contributed by atoms with E-state index in [0.717, 1.165) is 68.7 Å². The van der Waals surface area contributed by atoms with Crippen molar-refractivity contribution in [2.75, 3.05) is 53.5 Å². The van der Waals surface area contributed by atoms with Gasteiger partial charge in [0.15, 0.2) is 5.96 Å². The Bertz CT molecular complexity index is 596. The van der Waals surface area contributed by atoms with Gasteiger partial charge in [-0.05, 0) is 62.4 Å². The van der Waals surface area contributed by atoms with E-state index in [1.54, 1.807) is 13.2 Å². The zero-order valence-electron chi connectivity index (χ0n) is 16.8. The van der Waals surface area contributed by atoms with Crippen molar-refractivity contribution < 1.29 is 4.74 Å². The molecule has 0 bridgehead atoms. The predicted molar refractivity (Wildman–Crippen MR) is 131 cm³/mol. The van der Waals surface area contributed by atoms with Crippen molar-refractivity contribution in [1.82, 2.24) is 15.5 Å². The summed E-state index contributed by atoms with van der Waals surface area (Å²) in [6.45, 7) is 6.00. The molecule has 0 unspecified atom stereocenters. The van der Waals surface area contributed by atoms with Crippen LogP contribution < -0.4 is 10.6 Å². The average Bonchev–Trinajstić information content (AvgIpc) is 2.68. The van der Waals surface area contributed by atoms with E-state index in [1.165, 1.54) is 12.8 Å². The summed E-state index contributed by atoms with van der Waals surface area (Å²) in [4.78, 5) is 6.81. The van der Waals surface area contributed by atoms with Gasteiger partial charge in [0.25, 0.3) is 0 Å². The SMILES string of the molecule is CN=C(NCCCc1ccc(Cl)cc1Cl)NCC1CCN(CCOC)CC1.I. The molecule has 2 N–H and O–H groups in total. The molecular weight excluding hydrogens is 510 g/mol. The summed E-state index contributed by atoms with van der Waals surface area (Å²) < 4.78 is 5.16. The molecule has 28 heavy (non-hydrogen) atoms. The van der Waals surface area contributed by atoms with Gasteiger partial charge in [-0.15, -0.1) is 24.0 Å². The number of benzene rings is 1. The minimum Gasteiger partial charge on any atom is -0.383 e. The standard InChI is InChI=1S/C20H32Cl2N4O.HI/c1-23-20(24-9-3-4-17-5-6-18(21)14-19(17)22)25-15-16-7-10-26(11-8-16)12-13-27-2;/h5-6,14,16H,3-4,7-13,15H2,1-2H3,(H2,23,24,25);1H. The van der Waals surface area contributed by atoms with E-state index in [9.17, 15) is 0 Å². The second-order valence-corrected chi connectivity index (χ2v) is 7.84. The molecule has 1 aliphatic rings. The van der Waals surface area contributed by atoms with Gasteiger partial charge in [0.2, 0.25) is 0 Å². The van der Waals surface area contributed by atoms with Crippen LogP contribution in [0.3, 0.4) is 0 Å². The van der Waals surface area contributed by atoms with Crippen molar-refractivity contribution in [2.45, 2.75) is 25.7 Å². The van der Waals surface area contributed by atoms with E-state index in [1.807, 2.05) is 19.2 Å². The number of guanidine groups is 1. The fraction of sp³-hybridized carbons (Fsp3) is 0.650. The van der Waals surface area contributed by atoms with Gasteiger partial charge in [0.05, 0.1) is 6.61 Å². The second-order valence-electron chi connectivity index (χ2n) is 7.00. The Morgan fingerprint density at radius 3 is 2.64 bits per heavy atom. The molecule has 1 fully saturated rings. The number of aryl methyl sites for hydroxylation is 1. The number of hydrogen-bond acceptors (Lipinski definition) is 3. The number of nitrogens with zero attached hydrogens (tertiary/aromatic N) is 2. The van der Waals surface area contributed by atoms with E-state index >= 15 is 0 Å². The lowest BCUT2D eigenvalue weighted by Crippen LogP contribution is -2.43. The number of nitrogens with one attached hydrogen (secondary N) is 2. The Labute approximate surface area is 196 Å². The first-order chi connectivity index (χ1) is 13.1. The van der Waals surface area contributed by atoms with Crippen LogP contribution in [-0.2, 0) is 11.2 Å². The monoisotopic (exact) mass is 542 g/mol. The fourth-order valence-corrected chi connectivity index (χ4v) is 3.81. The third-order valence-electron chi connectivity index (χ3n) is 5.03. The summed E-state index contributed by atoms with van der Waals surface area (Å²) >= 11 is 12.2. The molecule has 0 spiro atoms. The number of rotatable bonds is 9. The van der Waals surface area contributed by atoms with Gasteiger partial charge in [-0.1, -0.05) is 29.3 Å². The average molecular weight is 543 g/mol. The minimum absolute atomic E-state index is 0. The van der Waals surface area contributed by atoms with E-state index < -0.39 is 0 Å². The van der Waals surface area contributed by atoms with Crippen LogP contribution in [0.2, 0.25) is 10.0 Å². The number of hydrogen-bond donors (Lipinski definition) is 2. The van der Waals surface area contributed by atoms with Crippen LogP contribution in [0.4, 0.5) is 0 Å². The highest BCUT2D eigenvalue weighted by molar-refractivity contribution is 14.0. The number of halogens is 3. The maximum absolute atomic E-state index is 6.22. The highest BCUT2D eigenvalue weighted by Crippen LogP contribution is 2.21. The van der Waals surface area contributed by atoms with Crippen molar-refractivity contribution in [1.29, 1.82) is 0 Å². The molecule has 0 radical (unpaired) electrons. The van der Waals surface area contributed by atoms with Gasteiger partial charge in [-0.2, -0.15) is 0 Å². The number of methoxy groups -OCH3 is 1. The molecular formula is C20H33Cl2IN4O. The Morgan fingerprint density at radius 1 is 1.25 bits per heavy atom. The van der Waals surface area contributed by atoms with Gasteiger partial charge in [-0.3, -0.25) is 4.99 Å². The van der Waals surface area contributed by atoms with Crippen LogP contribution in [0.25, 0.3) is 0 Å². The lowest BCUT2D eigenvalue weighted by Gasteiger charge is -2.32. The first-order valence-electron chi connectivity index (χ1n) is 9.72. The third-order valence-corrected chi connectivity index (χ3v) is 5.62. The molecule has 0 saturated carbocycles. The van der Waals surface area contributed by atoms with Crippen molar-refractivity contribution >= 4 is 53.1 Å². The predicted octanol–water partition coefficient (Wildman–Crippen LogP) is 4.07. The quantitative estimate of drug-likeness (QED) is 0.214. The van der Waals surface area contributed by atoms with Crippen molar-refractivity contribution in [3.05, 3.63) is 33.8 Å². The second kappa shape index (κ2) is 14.7. The molecule has 1 aliphatic heterocycles. The Balaban J connectivity index is 0.00000392.